The first-order valence-electron chi connectivity index (χ1n) is 8.46. The number of anilines is 1. The Balaban J connectivity index is 2.06. The quantitative estimate of drug-likeness (QED) is 0.718. The van der Waals surface area contributed by atoms with Crippen LogP contribution < -0.4 is 10.9 Å². The van der Waals surface area contributed by atoms with E-state index >= 15 is 0 Å². The maximum Gasteiger partial charge on any atom is 0.337 e. The van der Waals surface area contributed by atoms with Crippen LogP contribution >= 0.6 is 0 Å². The summed E-state index contributed by atoms with van der Waals surface area (Å²) in [6.07, 6.45) is 0. The number of esters is 1. The predicted octanol–water partition coefficient (Wildman–Crippen LogP) is 2.76. The Labute approximate surface area is 155 Å². The van der Waals surface area contributed by atoms with Crippen LogP contribution in [0.5, 0.6) is 0 Å². The molecule has 3 aromatic rings. The zero-order valence-electron chi connectivity index (χ0n) is 15.3. The summed E-state index contributed by atoms with van der Waals surface area (Å²) in [4.78, 5) is 37.1. The number of carbonyl (C=O) groups excluding carboxylic acids is 2. The minimum absolute atomic E-state index is 0.148. The minimum atomic E-state index is -0.492. The van der Waals surface area contributed by atoms with Crippen LogP contribution in [0.15, 0.2) is 47.3 Å². The van der Waals surface area contributed by atoms with Crippen LogP contribution in [0.1, 0.15) is 33.3 Å². The molecule has 2 aromatic carbocycles. The number of ether oxygens (including phenoxy) is 1. The fourth-order valence-electron chi connectivity index (χ4n) is 2.80. The lowest BCUT2D eigenvalue weighted by Gasteiger charge is -2.12. The summed E-state index contributed by atoms with van der Waals surface area (Å²) in [7, 11) is 1.30. The molecule has 0 atom stereocenters. The van der Waals surface area contributed by atoms with Crippen molar-refractivity contribution in [2.45, 2.75) is 20.4 Å². The number of methoxy groups -OCH3 is 1. The molecule has 1 aromatic heterocycles. The van der Waals surface area contributed by atoms with Gasteiger partial charge in [0.2, 0.25) is 0 Å². The van der Waals surface area contributed by atoms with Crippen LogP contribution in [0.4, 0.5) is 5.69 Å². The molecule has 0 saturated carbocycles. The smallest absolute Gasteiger partial charge is 0.337 e. The maximum atomic E-state index is 12.9. The highest BCUT2D eigenvalue weighted by Gasteiger charge is 2.18. The minimum Gasteiger partial charge on any atom is -0.465 e. The van der Waals surface area contributed by atoms with E-state index in [0.29, 0.717) is 28.6 Å². The SMILES string of the molecule is CCn1nc(C(=O)Nc2cc(C(=O)OC)ccc2C)c2ccccc2c1=O. The highest BCUT2D eigenvalue weighted by molar-refractivity contribution is 6.11. The molecule has 0 aliphatic heterocycles. The van der Waals surface area contributed by atoms with Crippen molar-refractivity contribution in [1.29, 1.82) is 0 Å². The highest BCUT2D eigenvalue weighted by Crippen LogP contribution is 2.20. The molecule has 1 heterocycles. The Bertz CT molecular complexity index is 1100. The van der Waals surface area contributed by atoms with Crippen molar-refractivity contribution in [1.82, 2.24) is 9.78 Å². The lowest BCUT2D eigenvalue weighted by molar-refractivity contribution is 0.0600. The summed E-state index contributed by atoms with van der Waals surface area (Å²) in [5.41, 5.74) is 1.49. The first kappa shape index (κ1) is 18.3. The number of aromatic nitrogens is 2. The van der Waals surface area contributed by atoms with Crippen molar-refractivity contribution in [2.75, 3.05) is 12.4 Å². The Kier molecular flexibility index (Phi) is 5.03. The van der Waals surface area contributed by atoms with Crippen molar-refractivity contribution in [3.8, 4) is 0 Å². The predicted molar refractivity (Wildman–Crippen MR) is 102 cm³/mol. The van der Waals surface area contributed by atoms with Crippen LogP contribution in [-0.4, -0.2) is 28.8 Å². The molecule has 1 N–H and O–H groups in total. The number of nitrogens with one attached hydrogen (secondary N) is 1. The highest BCUT2D eigenvalue weighted by atomic mass is 16.5. The van der Waals surface area contributed by atoms with E-state index in [1.165, 1.54) is 11.8 Å². The molecule has 0 radical (unpaired) electrons. The fraction of sp³-hybridized carbons (Fsp3) is 0.200. The van der Waals surface area contributed by atoms with E-state index < -0.39 is 11.9 Å². The molecule has 0 aliphatic carbocycles. The second-order valence-electron chi connectivity index (χ2n) is 5.99. The number of aryl methyl sites for hydroxylation is 2. The third-order valence-corrected chi connectivity index (χ3v) is 4.29. The summed E-state index contributed by atoms with van der Waals surface area (Å²) < 4.78 is 5.98. The molecule has 1 amide bonds. The number of carbonyl (C=O) groups is 2. The molecule has 138 valence electrons. The molecule has 0 bridgehead atoms. The Morgan fingerprint density at radius 2 is 1.85 bits per heavy atom. The van der Waals surface area contributed by atoms with E-state index in [2.05, 4.69) is 10.4 Å². The normalized spacial score (nSPS) is 10.6. The van der Waals surface area contributed by atoms with Gasteiger partial charge in [0.05, 0.1) is 18.1 Å². The molecular weight excluding hydrogens is 346 g/mol. The summed E-state index contributed by atoms with van der Waals surface area (Å²) in [6.45, 7) is 3.95. The van der Waals surface area contributed by atoms with Crippen LogP contribution in [0, 0.1) is 6.92 Å². The molecule has 27 heavy (non-hydrogen) atoms. The number of benzene rings is 2. The van der Waals surface area contributed by atoms with E-state index in [1.807, 2.05) is 6.92 Å². The van der Waals surface area contributed by atoms with Crippen molar-refractivity contribution in [3.63, 3.8) is 0 Å². The Morgan fingerprint density at radius 1 is 1.15 bits per heavy atom. The molecule has 0 fully saturated rings. The lowest BCUT2D eigenvalue weighted by Crippen LogP contribution is -2.27. The van der Waals surface area contributed by atoms with Crippen molar-refractivity contribution in [2.24, 2.45) is 0 Å². The number of hydrogen-bond acceptors (Lipinski definition) is 5. The second-order valence-corrected chi connectivity index (χ2v) is 5.99. The van der Waals surface area contributed by atoms with Gasteiger partial charge in [-0.05, 0) is 37.6 Å². The molecule has 0 spiro atoms. The van der Waals surface area contributed by atoms with Crippen LogP contribution in [0.3, 0.4) is 0 Å². The molecule has 0 unspecified atom stereocenters. The average molecular weight is 365 g/mol. The van der Waals surface area contributed by atoms with Gasteiger partial charge in [-0.15, -0.1) is 0 Å². The summed E-state index contributed by atoms with van der Waals surface area (Å²) in [5.74, 6) is -0.952. The molecule has 3 rings (SSSR count). The molecular formula is C20H19N3O4. The van der Waals surface area contributed by atoms with E-state index in [0.717, 1.165) is 5.56 Å². The van der Waals surface area contributed by atoms with Gasteiger partial charge in [-0.3, -0.25) is 9.59 Å². The lowest BCUT2D eigenvalue weighted by atomic mass is 10.1. The summed E-state index contributed by atoms with van der Waals surface area (Å²) in [6, 6.07) is 11.8. The van der Waals surface area contributed by atoms with Gasteiger partial charge in [-0.25, -0.2) is 9.48 Å². The van der Waals surface area contributed by atoms with Gasteiger partial charge < -0.3 is 10.1 Å². The van der Waals surface area contributed by atoms with Crippen LogP contribution in [0.2, 0.25) is 0 Å². The van der Waals surface area contributed by atoms with Gasteiger partial charge in [0.1, 0.15) is 0 Å². The van der Waals surface area contributed by atoms with Crippen molar-refractivity contribution >= 4 is 28.3 Å². The van der Waals surface area contributed by atoms with Gasteiger partial charge in [-0.2, -0.15) is 5.10 Å². The number of amides is 1. The van der Waals surface area contributed by atoms with Gasteiger partial charge in [0.25, 0.3) is 11.5 Å². The van der Waals surface area contributed by atoms with E-state index in [4.69, 9.17) is 4.74 Å². The maximum absolute atomic E-state index is 12.9. The molecule has 7 heteroatoms. The summed E-state index contributed by atoms with van der Waals surface area (Å²) >= 11 is 0. The third-order valence-electron chi connectivity index (χ3n) is 4.29. The Hall–Kier alpha value is -3.48. The molecule has 0 saturated heterocycles. The number of nitrogens with zero attached hydrogens (tertiary/aromatic N) is 2. The zero-order chi connectivity index (χ0) is 19.6. The average Bonchev–Trinajstić information content (AvgIpc) is 2.69. The third kappa shape index (κ3) is 3.44. The monoisotopic (exact) mass is 365 g/mol. The second kappa shape index (κ2) is 7.41. The summed E-state index contributed by atoms with van der Waals surface area (Å²) in [5, 5.41) is 7.91. The molecule has 7 nitrogen and oxygen atoms in total. The standard InChI is InChI=1S/C20H19N3O4/c1-4-23-19(25)15-8-6-5-7-14(15)17(22-23)18(24)21-16-11-13(20(26)27-3)10-9-12(16)2/h5-11H,4H2,1-3H3,(H,21,24). The first-order valence-corrected chi connectivity index (χ1v) is 8.46. The molecule has 0 aliphatic rings. The van der Waals surface area contributed by atoms with Crippen molar-refractivity contribution in [3.05, 3.63) is 69.6 Å². The van der Waals surface area contributed by atoms with Gasteiger partial charge >= 0.3 is 5.97 Å². The number of rotatable bonds is 4. The van der Waals surface area contributed by atoms with Crippen LogP contribution in [-0.2, 0) is 11.3 Å². The fourth-order valence-corrected chi connectivity index (χ4v) is 2.80. The number of hydrogen-bond donors (Lipinski definition) is 1. The van der Waals surface area contributed by atoms with Gasteiger partial charge in [0.15, 0.2) is 5.69 Å². The van der Waals surface area contributed by atoms with E-state index in [1.54, 1.807) is 49.4 Å². The topological polar surface area (TPSA) is 90.3 Å². The van der Waals surface area contributed by atoms with Crippen LogP contribution in [0.25, 0.3) is 10.8 Å². The zero-order valence-corrected chi connectivity index (χ0v) is 15.3. The number of fused-ring (bicyclic) bond motifs is 1. The van der Waals surface area contributed by atoms with Crippen molar-refractivity contribution < 1.29 is 14.3 Å². The van der Waals surface area contributed by atoms with E-state index in [-0.39, 0.29) is 11.3 Å². The first-order chi connectivity index (χ1) is 13.0. The largest absolute Gasteiger partial charge is 0.465 e. The van der Waals surface area contributed by atoms with Gasteiger partial charge in [0, 0.05) is 17.6 Å². The van der Waals surface area contributed by atoms with Gasteiger partial charge in [-0.1, -0.05) is 24.3 Å². The van der Waals surface area contributed by atoms with E-state index in [9.17, 15) is 14.4 Å². The Morgan fingerprint density at radius 3 is 2.52 bits per heavy atom.